The first-order chi connectivity index (χ1) is 12.1. The second kappa shape index (κ2) is 7.77. The number of halogens is 2. The summed E-state index contributed by atoms with van der Waals surface area (Å²) in [6.07, 6.45) is 1.46. The van der Waals surface area contributed by atoms with Crippen molar-refractivity contribution in [3.63, 3.8) is 0 Å². The molecule has 3 aromatic rings. The summed E-state index contributed by atoms with van der Waals surface area (Å²) in [6.45, 7) is 0.529. The molecule has 2 N–H and O–H groups in total. The van der Waals surface area contributed by atoms with Crippen molar-refractivity contribution in [3.05, 3.63) is 88.8 Å². The number of carbonyl (C=O) groups is 1. The van der Waals surface area contributed by atoms with E-state index in [0.717, 1.165) is 5.56 Å². The second-order valence-corrected chi connectivity index (χ2v) is 5.75. The van der Waals surface area contributed by atoms with E-state index in [2.05, 4.69) is 15.6 Å². The summed E-state index contributed by atoms with van der Waals surface area (Å²) in [4.78, 5) is 16.4. The Kier molecular flexibility index (Phi) is 5.26. The zero-order valence-corrected chi connectivity index (χ0v) is 13.9. The number of rotatable bonds is 5. The second-order valence-electron chi connectivity index (χ2n) is 5.34. The number of hydrogen-bond acceptors (Lipinski definition) is 3. The Balaban J connectivity index is 1.61. The lowest BCUT2D eigenvalue weighted by Gasteiger charge is -2.08. The fourth-order valence-electron chi connectivity index (χ4n) is 2.23. The highest BCUT2D eigenvalue weighted by molar-refractivity contribution is 6.31. The molecule has 25 heavy (non-hydrogen) atoms. The maximum absolute atomic E-state index is 13.1. The van der Waals surface area contributed by atoms with E-state index < -0.39 is 5.82 Å². The van der Waals surface area contributed by atoms with E-state index in [0.29, 0.717) is 28.6 Å². The first-order valence-corrected chi connectivity index (χ1v) is 8.00. The molecule has 0 aliphatic rings. The minimum atomic E-state index is -0.407. The minimum Gasteiger partial charge on any atom is -0.366 e. The molecule has 2 aromatic carbocycles. The predicted molar refractivity (Wildman–Crippen MR) is 97.4 cm³/mol. The van der Waals surface area contributed by atoms with Crippen LogP contribution in [0.25, 0.3) is 0 Å². The molecular formula is C19H15ClFN3O. The van der Waals surface area contributed by atoms with Gasteiger partial charge in [0.25, 0.3) is 5.91 Å². The quantitative estimate of drug-likeness (QED) is 0.695. The molecule has 0 fully saturated rings. The number of nitrogens with one attached hydrogen (secondary N) is 2. The lowest BCUT2D eigenvalue weighted by molar-refractivity contribution is 0.102. The number of nitrogens with zero attached hydrogens (tertiary/aromatic N) is 1. The average Bonchev–Trinajstić information content (AvgIpc) is 2.61. The van der Waals surface area contributed by atoms with Crippen LogP contribution in [-0.2, 0) is 6.54 Å². The van der Waals surface area contributed by atoms with Crippen LogP contribution in [0.15, 0.2) is 66.9 Å². The molecule has 0 spiro atoms. The zero-order chi connectivity index (χ0) is 17.6. The van der Waals surface area contributed by atoms with Crippen LogP contribution in [0.5, 0.6) is 0 Å². The Bertz CT molecular complexity index is 884. The van der Waals surface area contributed by atoms with Crippen molar-refractivity contribution in [2.45, 2.75) is 6.54 Å². The third-order valence-electron chi connectivity index (χ3n) is 3.53. The van der Waals surface area contributed by atoms with Gasteiger partial charge in [0.2, 0.25) is 0 Å². The van der Waals surface area contributed by atoms with Crippen LogP contribution in [-0.4, -0.2) is 10.9 Å². The number of amides is 1. The van der Waals surface area contributed by atoms with E-state index in [-0.39, 0.29) is 5.91 Å². The summed E-state index contributed by atoms with van der Waals surface area (Å²) in [5, 5.41) is 6.46. The monoisotopic (exact) mass is 355 g/mol. The Labute approximate surface area is 149 Å². The van der Waals surface area contributed by atoms with Crippen LogP contribution in [0.4, 0.5) is 15.9 Å². The van der Waals surface area contributed by atoms with Crippen molar-refractivity contribution >= 4 is 29.0 Å². The Morgan fingerprint density at radius 2 is 1.92 bits per heavy atom. The summed E-state index contributed by atoms with van der Waals surface area (Å²) in [5.41, 5.74) is 1.73. The maximum Gasteiger partial charge on any atom is 0.257 e. The number of pyridine rings is 1. The van der Waals surface area contributed by atoms with Crippen LogP contribution in [0.1, 0.15) is 15.9 Å². The van der Waals surface area contributed by atoms with Crippen molar-refractivity contribution in [1.82, 2.24) is 4.98 Å². The smallest absolute Gasteiger partial charge is 0.257 e. The van der Waals surface area contributed by atoms with Crippen molar-refractivity contribution in [1.29, 1.82) is 0 Å². The van der Waals surface area contributed by atoms with Crippen LogP contribution < -0.4 is 10.6 Å². The minimum absolute atomic E-state index is 0.351. The summed E-state index contributed by atoms with van der Waals surface area (Å²) in [6, 6.07) is 16.6. The number of carbonyl (C=O) groups excluding carboxylic acids is 1. The average molecular weight is 356 g/mol. The molecular weight excluding hydrogens is 341 g/mol. The summed E-state index contributed by atoms with van der Waals surface area (Å²) in [7, 11) is 0. The molecule has 0 saturated carbocycles. The lowest BCUT2D eigenvalue weighted by atomic mass is 10.2. The van der Waals surface area contributed by atoms with Crippen LogP contribution >= 0.6 is 11.6 Å². The van der Waals surface area contributed by atoms with Gasteiger partial charge >= 0.3 is 0 Å². The van der Waals surface area contributed by atoms with Crippen molar-refractivity contribution in [3.8, 4) is 0 Å². The summed E-state index contributed by atoms with van der Waals surface area (Å²) < 4.78 is 13.1. The Morgan fingerprint density at radius 3 is 2.64 bits per heavy atom. The molecule has 0 bridgehead atoms. The molecule has 6 heteroatoms. The molecule has 0 aliphatic carbocycles. The fourth-order valence-corrected chi connectivity index (χ4v) is 2.43. The third-order valence-corrected chi connectivity index (χ3v) is 3.89. The third kappa shape index (κ3) is 4.55. The van der Waals surface area contributed by atoms with Gasteiger partial charge in [0, 0.05) is 23.5 Å². The zero-order valence-electron chi connectivity index (χ0n) is 13.2. The van der Waals surface area contributed by atoms with Crippen molar-refractivity contribution in [2.24, 2.45) is 0 Å². The number of anilines is 2. The van der Waals surface area contributed by atoms with Crippen LogP contribution in [0.3, 0.4) is 0 Å². The first kappa shape index (κ1) is 16.9. The van der Waals surface area contributed by atoms with Gasteiger partial charge in [-0.25, -0.2) is 9.37 Å². The maximum atomic E-state index is 13.1. The highest BCUT2D eigenvalue weighted by Gasteiger charge is 2.07. The SMILES string of the molecule is O=C(Nc1cccc(F)c1)c1ccc(NCc2ccccc2Cl)nc1. The van der Waals surface area contributed by atoms with Crippen LogP contribution in [0, 0.1) is 5.82 Å². The molecule has 1 heterocycles. The van der Waals surface area contributed by atoms with Gasteiger partial charge in [-0.15, -0.1) is 0 Å². The topological polar surface area (TPSA) is 54.0 Å². The highest BCUT2D eigenvalue weighted by atomic mass is 35.5. The summed E-state index contributed by atoms with van der Waals surface area (Å²) >= 11 is 6.11. The van der Waals surface area contributed by atoms with Gasteiger partial charge in [-0.05, 0) is 42.0 Å². The number of hydrogen-bond donors (Lipinski definition) is 2. The van der Waals surface area contributed by atoms with Gasteiger partial charge < -0.3 is 10.6 Å². The van der Waals surface area contributed by atoms with E-state index >= 15 is 0 Å². The molecule has 1 aromatic heterocycles. The number of aromatic nitrogens is 1. The molecule has 1 amide bonds. The molecule has 0 unspecified atom stereocenters. The Morgan fingerprint density at radius 1 is 1.08 bits per heavy atom. The van der Waals surface area contributed by atoms with Crippen molar-refractivity contribution < 1.29 is 9.18 Å². The fraction of sp³-hybridized carbons (Fsp3) is 0.0526. The Hall–Kier alpha value is -2.92. The largest absolute Gasteiger partial charge is 0.366 e. The first-order valence-electron chi connectivity index (χ1n) is 7.62. The van der Waals surface area contributed by atoms with Gasteiger partial charge in [-0.1, -0.05) is 35.9 Å². The van der Waals surface area contributed by atoms with Gasteiger partial charge in [-0.3, -0.25) is 4.79 Å². The molecule has 0 atom stereocenters. The molecule has 126 valence electrons. The number of benzene rings is 2. The standard InChI is InChI=1S/C19H15ClFN3O/c20-17-7-2-1-4-13(17)11-22-18-9-8-14(12-23-18)19(25)24-16-6-3-5-15(21)10-16/h1-10,12H,11H2,(H,22,23)(H,24,25). The molecule has 0 radical (unpaired) electrons. The van der Waals surface area contributed by atoms with Gasteiger partial charge in [0.05, 0.1) is 5.56 Å². The van der Waals surface area contributed by atoms with E-state index in [1.54, 1.807) is 18.2 Å². The molecule has 3 rings (SSSR count). The van der Waals surface area contributed by atoms with E-state index in [1.807, 2.05) is 24.3 Å². The predicted octanol–water partition coefficient (Wildman–Crippen LogP) is 4.74. The van der Waals surface area contributed by atoms with E-state index in [1.165, 1.54) is 24.4 Å². The van der Waals surface area contributed by atoms with Crippen molar-refractivity contribution in [2.75, 3.05) is 10.6 Å². The molecule has 0 aliphatic heterocycles. The van der Waals surface area contributed by atoms with Gasteiger partial charge in [-0.2, -0.15) is 0 Å². The van der Waals surface area contributed by atoms with E-state index in [9.17, 15) is 9.18 Å². The summed E-state index contributed by atoms with van der Waals surface area (Å²) in [5.74, 6) is -0.131. The normalized spacial score (nSPS) is 10.3. The van der Waals surface area contributed by atoms with Gasteiger partial charge in [0.15, 0.2) is 0 Å². The van der Waals surface area contributed by atoms with E-state index in [4.69, 9.17) is 11.6 Å². The lowest BCUT2D eigenvalue weighted by Crippen LogP contribution is -2.12. The van der Waals surface area contributed by atoms with Crippen LogP contribution in [0.2, 0.25) is 5.02 Å². The molecule has 4 nitrogen and oxygen atoms in total. The highest BCUT2D eigenvalue weighted by Crippen LogP contribution is 2.17. The molecule has 0 saturated heterocycles. The van der Waals surface area contributed by atoms with Gasteiger partial charge in [0.1, 0.15) is 11.6 Å².